The molecule has 0 bridgehead atoms. The minimum atomic E-state index is -0.430. The number of hydrogen-bond donors (Lipinski definition) is 2. The van der Waals surface area contributed by atoms with Crippen LogP contribution in [-0.4, -0.2) is 34.3 Å². The smallest absolute Gasteiger partial charge is 0.104 e. The molecule has 3 nitrogen and oxygen atoms in total. The fraction of sp³-hybridized carbons (Fsp3) is 0.917. The predicted molar refractivity (Wildman–Crippen MR) is 70.5 cm³/mol. The molecule has 2 unspecified atom stereocenters. The van der Waals surface area contributed by atoms with Crippen molar-refractivity contribution in [3.8, 4) is 6.07 Å². The Morgan fingerprint density at radius 2 is 2.06 bits per heavy atom. The lowest BCUT2D eigenvalue weighted by Crippen LogP contribution is -2.45. The first-order valence-corrected chi connectivity index (χ1v) is 6.90. The van der Waals surface area contributed by atoms with Gasteiger partial charge in [0.05, 0.1) is 6.07 Å². The van der Waals surface area contributed by atoms with Crippen LogP contribution < -0.4 is 5.32 Å². The summed E-state index contributed by atoms with van der Waals surface area (Å²) in [6.07, 6.45) is 1.66. The standard InChI is InChI=1S/C12H24N2OS/c1-10(2)14-12(4,9-13)6-8-16-11(3)5-7-15/h10-11,14-15H,5-8H2,1-4H3. The third kappa shape index (κ3) is 7.10. The van der Waals surface area contributed by atoms with E-state index in [1.54, 1.807) is 0 Å². The van der Waals surface area contributed by atoms with Gasteiger partial charge in [-0.1, -0.05) is 6.92 Å². The van der Waals surface area contributed by atoms with Crippen LogP contribution in [0.1, 0.15) is 40.5 Å². The second kappa shape index (κ2) is 7.94. The first-order chi connectivity index (χ1) is 7.43. The first kappa shape index (κ1) is 15.8. The van der Waals surface area contributed by atoms with E-state index in [1.807, 2.05) is 18.7 Å². The van der Waals surface area contributed by atoms with Gasteiger partial charge in [-0.15, -0.1) is 0 Å². The Kier molecular flexibility index (Phi) is 7.82. The fourth-order valence-electron chi connectivity index (χ4n) is 1.53. The van der Waals surface area contributed by atoms with Gasteiger partial charge in [0, 0.05) is 17.9 Å². The van der Waals surface area contributed by atoms with Gasteiger partial charge in [-0.05, 0) is 39.4 Å². The lowest BCUT2D eigenvalue weighted by atomic mass is 10.0. The van der Waals surface area contributed by atoms with Crippen molar-refractivity contribution in [2.75, 3.05) is 12.4 Å². The molecule has 0 saturated heterocycles. The molecule has 0 rings (SSSR count). The first-order valence-electron chi connectivity index (χ1n) is 5.85. The molecule has 94 valence electrons. The quantitative estimate of drug-likeness (QED) is 0.687. The van der Waals surface area contributed by atoms with Gasteiger partial charge in [0.25, 0.3) is 0 Å². The van der Waals surface area contributed by atoms with Crippen LogP contribution in [0, 0.1) is 11.3 Å². The van der Waals surface area contributed by atoms with Crippen molar-refractivity contribution in [3.05, 3.63) is 0 Å². The highest BCUT2D eigenvalue weighted by atomic mass is 32.2. The Bertz CT molecular complexity index is 228. The maximum Gasteiger partial charge on any atom is 0.104 e. The highest BCUT2D eigenvalue weighted by molar-refractivity contribution is 7.99. The van der Waals surface area contributed by atoms with Crippen molar-refractivity contribution in [2.45, 2.75) is 57.4 Å². The molecule has 4 heteroatoms. The molecular formula is C12H24N2OS. The molecule has 0 aromatic rings. The monoisotopic (exact) mass is 244 g/mol. The molecule has 0 heterocycles. The van der Waals surface area contributed by atoms with E-state index in [0.717, 1.165) is 18.6 Å². The number of rotatable bonds is 8. The zero-order valence-corrected chi connectivity index (χ0v) is 11.6. The molecule has 0 aliphatic carbocycles. The Balaban J connectivity index is 3.92. The van der Waals surface area contributed by atoms with Crippen LogP contribution in [0.5, 0.6) is 0 Å². The summed E-state index contributed by atoms with van der Waals surface area (Å²) in [6.45, 7) is 8.41. The summed E-state index contributed by atoms with van der Waals surface area (Å²) < 4.78 is 0. The molecule has 0 saturated carbocycles. The Morgan fingerprint density at radius 3 is 2.50 bits per heavy atom. The van der Waals surface area contributed by atoms with Crippen LogP contribution >= 0.6 is 11.8 Å². The van der Waals surface area contributed by atoms with Gasteiger partial charge < -0.3 is 5.11 Å². The van der Waals surface area contributed by atoms with E-state index in [1.165, 1.54) is 0 Å². The summed E-state index contributed by atoms with van der Waals surface area (Å²) in [6, 6.07) is 2.67. The lowest BCUT2D eigenvalue weighted by Gasteiger charge is -2.26. The minimum absolute atomic E-state index is 0.244. The minimum Gasteiger partial charge on any atom is -0.396 e. The van der Waals surface area contributed by atoms with Gasteiger partial charge in [-0.2, -0.15) is 17.0 Å². The van der Waals surface area contributed by atoms with Crippen molar-refractivity contribution >= 4 is 11.8 Å². The molecule has 2 atom stereocenters. The second-order valence-electron chi connectivity index (χ2n) is 4.69. The number of hydrogen-bond acceptors (Lipinski definition) is 4. The fourth-order valence-corrected chi connectivity index (χ4v) is 2.73. The van der Waals surface area contributed by atoms with Crippen molar-refractivity contribution in [3.63, 3.8) is 0 Å². The number of aliphatic hydroxyl groups is 1. The van der Waals surface area contributed by atoms with E-state index in [2.05, 4.69) is 32.2 Å². The third-order valence-electron chi connectivity index (χ3n) is 2.39. The highest BCUT2D eigenvalue weighted by Crippen LogP contribution is 2.19. The summed E-state index contributed by atoms with van der Waals surface area (Å²) in [7, 11) is 0. The van der Waals surface area contributed by atoms with Gasteiger partial charge in [0.2, 0.25) is 0 Å². The largest absolute Gasteiger partial charge is 0.396 e. The molecule has 0 fully saturated rings. The van der Waals surface area contributed by atoms with Crippen molar-refractivity contribution in [1.82, 2.24) is 5.32 Å². The van der Waals surface area contributed by atoms with Gasteiger partial charge >= 0.3 is 0 Å². The molecule has 2 N–H and O–H groups in total. The zero-order valence-electron chi connectivity index (χ0n) is 10.8. The van der Waals surface area contributed by atoms with Crippen LogP contribution in [0.25, 0.3) is 0 Å². The summed E-state index contributed by atoms with van der Waals surface area (Å²) in [5.74, 6) is 0.949. The molecule has 0 aromatic heterocycles. The Hall–Kier alpha value is -0.240. The van der Waals surface area contributed by atoms with E-state index in [-0.39, 0.29) is 6.61 Å². The van der Waals surface area contributed by atoms with Crippen LogP contribution in [0.15, 0.2) is 0 Å². The summed E-state index contributed by atoms with van der Waals surface area (Å²) in [5, 5.41) is 21.7. The zero-order chi connectivity index (χ0) is 12.6. The van der Waals surface area contributed by atoms with E-state index < -0.39 is 5.54 Å². The maximum atomic E-state index is 9.14. The number of nitrogens with one attached hydrogen (secondary N) is 1. The summed E-state index contributed by atoms with van der Waals surface area (Å²) in [5.41, 5.74) is -0.430. The molecule has 16 heavy (non-hydrogen) atoms. The lowest BCUT2D eigenvalue weighted by molar-refractivity contribution is 0.289. The SMILES string of the molecule is CC(C)NC(C)(C#N)CCSC(C)CCO. The number of nitriles is 1. The van der Waals surface area contributed by atoms with Gasteiger partial charge in [0.1, 0.15) is 5.54 Å². The number of thioether (sulfide) groups is 1. The number of nitrogens with zero attached hydrogens (tertiary/aromatic N) is 1. The molecule has 0 spiro atoms. The van der Waals surface area contributed by atoms with Crippen LogP contribution in [0.4, 0.5) is 0 Å². The average Bonchev–Trinajstić information content (AvgIpc) is 2.17. The van der Waals surface area contributed by atoms with Crippen molar-refractivity contribution in [1.29, 1.82) is 5.26 Å². The molecule has 0 aliphatic heterocycles. The summed E-state index contributed by atoms with van der Waals surface area (Å²) in [4.78, 5) is 0. The Labute approximate surface area is 104 Å². The predicted octanol–water partition coefficient (Wildman–Crippen LogP) is 2.16. The van der Waals surface area contributed by atoms with Gasteiger partial charge in [-0.3, -0.25) is 5.32 Å². The molecule has 0 aliphatic rings. The van der Waals surface area contributed by atoms with E-state index in [4.69, 9.17) is 10.4 Å². The maximum absolute atomic E-state index is 9.14. The number of aliphatic hydroxyl groups excluding tert-OH is 1. The normalized spacial score (nSPS) is 16.8. The second-order valence-corrected chi connectivity index (χ2v) is 6.23. The Morgan fingerprint density at radius 1 is 1.44 bits per heavy atom. The molecule has 0 aromatic carbocycles. The topological polar surface area (TPSA) is 56.0 Å². The molecule has 0 amide bonds. The third-order valence-corrected chi connectivity index (χ3v) is 3.64. The van der Waals surface area contributed by atoms with E-state index in [0.29, 0.717) is 11.3 Å². The van der Waals surface area contributed by atoms with Crippen LogP contribution in [0.2, 0.25) is 0 Å². The molecule has 0 radical (unpaired) electrons. The van der Waals surface area contributed by atoms with Gasteiger partial charge in [0.15, 0.2) is 0 Å². The van der Waals surface area contributed by atoms with Crippen molar-refractivity contribution < 1.29 is 5.11 Å². The summed E-state index contributed by atoms with van der Waals surface area (Å²) >= 11 is 1.82. The molecular weight excluding hydrogens is 220 g/mol. The van der Waals surface area contributed by atoms with E-state index >= 15 is 0 Å². The van der Waals surface area contributed by atoms with Crippen molar-refractivity contribution in [2.24, 2.45) is 0 Å². The average molecular weight is 244 g/mol. The van der Waals surface area contributed by atoms with Crippen LogP contribution in [-0.2, 0) is 0 Å². The van der Waals surface area contributed by atoms with Crippen LogP contribution in [0.3, 0.4) is 0 Å². The van der Waals surface area contributed by atoms with Gasteiger partial charge in [-0.25, -0.2) is 0 Å². The van der Waals surface area contributed by atoms with E-state index in [9.17, 15) is 0 Å². The highest BCUT2D eigenvalue weighted by Gasteiger charge is 2.23.